The molecule has 0 unspecified atom stereocenters. The van der Waals surface area contributed by atoms with Gasteiger partial charge < -0.3 is 9.80 Å². The third-order valence-corrected chi connectivity index (χ3v) is 7.33. The van der Waals surface area contributed by atoms with Gasteiger partial charge in [-0.25, -0.2) is 14.4 Å². The Bertz CT molecular complexity index is 1120. The van der Waals surface area contributed by atoms with Crippen molar-refractivity contribution in [3.8, 4) is 0 Å². The predicted octanol–water partition coefficient (Wildman–Crippen LogP) is 4.23. The Balaban J connectivity index is 1.40. The second-order valence-corrected chi connectivity index (χ2v) is 9.50. The third-order valence-electron chi connectivity index (χ3n) is 6.19. The smallest absolute Gasteiger partial charge is 0.254 e. The Morgan fingerprint density at radius 3 is 2.77 bits per heavy atom. The highest BCUT2D eigenvalue weighted by Gasteiger charge is 2.28. The standard InChI is InChI=1S/C23H25FN4OS/c1-14-6-7-18-19(12-14)30-22-20(18)21(25-15(2)26-22)27-8-10-28(11-9-27)23(29)16-4-3-5-17(24)13-16/h3-5,13-14H,6-12H2,1-2H3/t14-/m1/s1. The highest BCUT2D eigenvalue weighted by Crippen LogP contribution is 2.41. The first-order chi connectivity index (χ1) is 14.5. The van der Waals surface area contributed by atoms with Crippen LogP contribution in [0.2, 0.25) is 0 Å². The van der Waals surface area contributed by atoms with E-state index in [2.05, 4.69) is 11.8 Å². The first-order valence-electron chi connectivity index (χ1n) is 10.6. The molecule has 156 valence electrons. The van der Waals surface area contributed by atoms with Crippen molar-refractivity contribution in [2.45, 2.75) is 33.1 Å². The van der Waals surface area contributed by atoms with E-state index in [1.807, 2.05) is 18.3 Å². The van der Waals surface area contributed by atoms with E-state index in [-0.39, 0.29) is 11.7 Å². The number of carbonyl (C=O) groups is 1. The maximum absolute atomic E-state index is 13.5. The zero-order chi connectivity index (χ0) is 20.8. The van der Waals surface area contributed by atoms with Crippen LogP contribution in [0.4, 0.5) is 10.2 Å². The molecule has 0 N–H and O–H groups in total. The van der Waals surface area contributed by atoms with E-state index < -0.39 is 0 Å². The number of carbonyl (C=O) groups excluding carboxylic acids is 1. The average molecular weight is 425 g/mol. The van der Waals surface area contributed by atoms with Gasteiger partial charge in [-0.2, -0.15) is 0 Å². The number of piperazine rings is 1. The average Bonchev–Trinajstić information content (AvgIpc) is 3.09. The maximum atomic E-state index is 13.5. The monoisotopic (exact) mass is 424 g/mol. The molecular formula is C23H25FN4OS. The lowest BCUT2D eigenvalue weighted by molar-refractivity contribution is 0.0746. The third kappa shape index (κ3) is 3.45. The van der Waals surface area contributed by atoms with Crippen LogP contribution in [0.25, 0.3) is 10.2 Å². The summed E-state index contributed by atoms with van der Waals surface area (Å²) in [5.41, 5.74) is 1.84. The minimum absolute atomic E-state index is 0.111. The highest BCUT2D eigenvalue weighted by molar-refractivity contribution is 7.19. The molecule has 1 fully saturated rings. The summed E-state index contributed by atoms with van der Waals surface area (Å²) in [5.74, 6) is 2.04. The van der Waals surface area contributed by atoms with Crippen LogP contribution in [-0.2, 0) is 12.8 Å². The molecule has 0 spiro atoms. The summed E-state index contributed by atoms with van der Waals surface area (Å²) in [6, 6.07) is 5.93. The number of anilines is 1. The second kappa shape index (κ2) is 7.61. The van der Waals surface area contributed by atoms with Crippen LogP contribution < -0.4 is 4.90 Å². The van der Waals surface area contributed by atoms with E-state index in [0.717, 1.165) is 35.2 Å². The molecule has 1 aliphatic heterocycles. The van der Waals surface area contributed by atoms with Crippen molar-refractivity contribution in [1.29, 1.82) is 0 Å². The van der Waals surface area contributed by atoms with Crippen molar-refractivity contribution < 1.29 is 9.18 Å². The van der Waals surface area contributed by atoms with E-state index in [1.165, 1.54) is 34.4 Å². The van der Waals surface area contributed by atoms with Crippen molar-refractivity contribution in [3.05, 3.63) is 51.9 Å². The van der Waals surface area contributed by atoms with Gasteiger partial charge in [0.05, 0.1) is 5.39 Å². The molecule has 2 aliphatic rings. The van der Waals surface area contributed by atoms with Crippen LogP contribution in [0.15, 0.2) is 24.3 Å². The molecule has 5 rings (SSSR count). The lowest BCUT2D eigenvalue weighted by Crippen LogP contribution is -2.49. The zero-order valence-electron chi connectivity index (χ0n) is 17.3. The largest absolute Gasteiger partial charge is 0.352 e. The first-order valence-corrected chi connectivity index (χ1v) is 11.4. The van der Waals surface area contributed by atoms with Crippen molar-refractivity contribution in [3.63, 3.8) is 0 Å². The minimum atomic E-state index is -0.380. The molecule has 1 aromatic carbocycles. The summed E-state index contributed by atoms with van der Waals surface area (Å²) in [5, 5.41) is 1.22. The maximum Gasteiger partial charge on any atom is 0.254 e. The molecule has 1 aliphatic carbocycles. The number of aromatic nitrogens is 2. The molecule has 5 nitrogen and oxygen atoms in total. The Kier molecular flexibility index (Phi) is 4.93. The predicted molar refractivity (Wildman–Crippen MR) is 118 cm³/mol. The van der Waals surface area contributed by atoms with Gasteiger partial charge in [-0.05, 0) is 55.9 Å². The van der Waals surface area contributed by atoms with E-state index in [1.54, 1.807) is 17.0 Å². The van der Waals surface area contributed by atoms with E-state index >= 15 is 0 Å². The molecule has 7 heteroatoms. The summed E-state index contributed by atoms with van der Waals surface area (Å²) in [6.45, 7) is 6.90. The number of amides is 1. The number of hydrogen-bond acceptors (Lipinski definition) is 5. The lowest BCUT2D eigenvalue weighted by Gasteiger charge is -2.36. The fourth-order valence-corrected chi connectivity index (χ4v) is 6.00. The summed E-state index contributed by atoms with van der Waals surface area (Å²) >= 11 is 1.82. The number of halogens is 1. The molecule has 0 radical (unpaired) electrons. The Morgan fingerprint density at radius 2 is 2.00 bits per heavy atom. The normalized spacial score (nSPS) is 19.2. The van der Waals surface area contributed by atoms with Crippen LogP contribution in [0, 0.1) is 18.7 Å². The number of aryl methyl sites for hydroxylation is 2. The number of benzene rings is 1. The molecule has 0 bridgehead atoms. The van der Waals surface area contributed by atoms with Gasteiger partial charge >= 0.3 is 0 Å². The fourth-order valence-electron chi connectivity index (χ4n) is 4.58. The number of thiophene rings is 1. The topological polar surface area (TPSA) is 49.3 Å². The lowest BCUT2D eigenvalue weighted by atomic mass is 9.89. The molecule has 3 heterocycles. The molecule has 1 amide bonds. The minimum Gasteiger partial charge on any atom is -0.352 e. The van der Waals surface area contributed by atoms with Crippen molar-refractivity contribution in [1.82, 2.24) is 14.9 Å². The van der Waals surface area contributed by atoms with Crippen LogP contribution >= 0.6 is 11.3 Å². The summed E-state index contributed by atoms with van der Waals surface area (Å²) in [7, 11) is 0. The zero-order valence-corrected chi connectivity index (χ0v) is 18.1. The van der Waals surface area contributed by atoms with Crippen LogP contribution in [0.3, 0.4) is 0 Å². The molecule has 1 atom stereocenters. The Hall–Kier alpha value is -2.54. The Morgan fingerprint density at radius 1 is 1.20 bits per heavy atom. The van der Waals surface area contributed by atoms with Crippen LogP contribution in [-0.4, -0.2) is 47.0 Å². The number of nitrogens with zero attached hydrogens (tertiary/aromatic N) is 4. The van der Waals surface area contributed by atoms with Crippen molar-refractivity contribution in [2.75, 3.05) is 31.1 Å². The van der Waals surface area contributed by atoms with Gasteiger partial charge in [0.15, 0.2) is 0 Å². The van der Waals surface area contributed by atoms with E-state index in [9.17, 15) is 9.18 Å². The molecule has 1 saturated heterocycles. The molecule has 3 aromatic rings. The number of fused-ring (bicyclic) bond motifs is 3. The molecule has 2 aromatic heterocycles. The van der Waals surface area contributed by atoms with Crippen LogP contribution in [0.5, 0.6) is 0 Å². The number of rotatable bonds is 2. The highest BCUT2D eigenvalue weighted by atomic mass is 32.1. The van der Waals surface area contributed by atoms with Crippen molar-refractivity contribution >= 4 is 33.3 Å². The summed E-state index contributed by atoms with van der Waals surface area (Å²) < 4.78 is 13.5. The molecular weight excluding hydrogens is 399 g/mol. The van der Waals surface area contributed by atoms with E-state index in [4.69, 9.17) is 9.97 Å². The van der Waals surface area contributed by atoms with Gasteiger partial charge in [0.2, 0.25) is 0 Å². The molecule has 0 saturated carbocycles. The van der Waals surface area contributed by atoms with E-state index in [0.29, 0.717) is 31.7 Å². The van der Waals surface area contributed by atoms with Gasteiger partial charge in [-0.15, -0.1) is 11.3 Å². The number of hydrogen-bond donors (Lipinski definition) is 0. The quantitative estimate of drug-likeness (QED) is 0.618. The SMILES string of the molecule is Cc1nc(N2CCN(C(=O)c3cccc(F)c3)CC2)c2c3c(sc2n1)C[C@H](C)CC3. The second-order valence-electron chi connectivity index (χ2n) is 8.42. The Labute approximate surface area is 179 Å². The van der Waals surface area contributed by atoms with Gasteiger partial charge in [-0.1, -0.05) is 13.0 Å². The van der Waals surface area contributed by atoms with Gasteiger partial charge in [0.25, 0.3) is 5.91 Å². The first kappa shape index (κ1) is 19.4. The van der Waals surface area contributed by atoms with Crippen molar-refractivity contribution in [2.24, 2.45) is 5.92 Å². The van der Waals surface area contributed by atoms with Crippen LogP contribution in [0.1, 0.15) is 40.0 Å². The fraction of sp³-hybridized carbons (Fsp3) is 0.435. The van der Waals surface area contributed by atoms with Gasteiger partial charge in [0.1, 0.15) is 22.3 Å². The summed E-state index contributed by atoms with van der Waals surface area (Å²) in [6.07, 6.45) is 3.43. The summed E-state index contributed by atoms with van der Waals surface area (Å²) in [4.78, 5) is 29.0. The molecule has 30 heavy (non-hydrogen) atoms. The van der Waals surface area contributed by atoms with Gasteiger partial charge in [0, 0.05) is 36.6 Å². The van der Waals surface area contributed by atoms with Gasteiger partial charge in [-0.3, -0.25) is 4.79 Å².